The standard InChI is InChI=1S/C27H30F2N4O3/c1-18(5-6-19(16-28)17-30)33-13-14-35-26-22(3-2-4-24(26)33)27(34)32-20-7-8-25(23(29)15-20)36-21-9-11-31-12-10-21/h2-8,15,17,21,31H,1,9-14,16,30H2,(H,32,34)/b6-5-,19-17+. The first-order valence-corrected chi connectivity index (χ1v) is 11.9. The van der Waals surface area contributed by atoms with Crippen molar-refractivity contribution in [3.05, 3.63) is 84.0 Å². The molecule has 190 valence electrons. The summed E-state index contributed by atoms with van der Waals surface area (Å²) in [6.45, 7) is 5.88. The van der Waals surface area contributed by atoms with E-state index in [0.717, 1.165) is 25.9 Å². The van der Waals surface area contributed by atoms with Crippen LogP contribution < -0.4 is 30.7 Å². The number of fused-ring (bicyclic) bond motifs is 1. The van der Waals surface area contributed by atoms with Gasteiger partial charge in [-0.1, -0.05) is 18.7 Å². The fraction of sp³-hybridized carbons (Fsp3) is 0.296. The molecule has 36 heavy (non-hydrogen) atoms. The van der Waals surface area contributed by atoms with Crippen molar-refractivity contribution in [3.63, 3.8) is 0 Å². The lowest BCUT2D eigenvalue weighted by atomic mass is 10.1. The normalized spacial score (nSPS) is 16.4. The second-order valence-corrected chi connectivity index (χ2v) is 8.52. The monoisotopic (exact) mass is 496 g/mol. The van der Waals surface area contributed by atoms with Gasteiger partial charge in [0.05, 0.1) is 17.8 Å². The van der Waals surface area contributed by atoms with Gasteiger partial charge in [-0.15, -0.1) is 0 Å². The number of carbonyl (C=O) groups excluding carboxylic acids is 1. The third kappa shape index (κ3) is 5.85. The van der Waals surface area contributed by atoms with Crippen LogP contribution in [0.15, 0.2) is 72.6 Å². The summed E-state index contributed by atoms with van der Waals surface area (Å²) in [6, 6.07) is 9.57. The van der Waals surface area contributed by atoms with E-state index in [9.17, 15) is 13.6 Å². The molecule has 1 fully saturated rings. The Morgan fingerprint density at radius 1 is 1.28 bits per heavy atom. The maximum absolute atomic E-state index is 14.7. The number of para-hydroxylation sites is 1. The van der Waals surface area contributed by atoms with Gasteiger partial charge in [0.15, 0.2) is 17.3 Å². The first-order valence-electron chi connectivity index (χ1n) is 11.9. The Bertz CT molecular complexity index is 1180. The average molecular weight is 497 g/mol. The molecular weight excluding hydrogens is 466 g/mol. The maximum atomic E-state index is 14.7. The van der Waals surface area contributed by atoms with Crippen LogP contribution in [0.4, 0.5) is 20.2 Å². The Labute approximate surface area is 209 Å². The number of nitrogens with two attached hydrogens (primary N) is 1. The van der Waals surface area contributed by atoms with Crippen molar-refractivity contribution < 1.29 is 23.0 Å². The second-order valence-electron chi connectivity index (χ2n) is 8.52. The number of carbonyl (C=O) groups is 1. The predicted octanol–water partition coefficient (Wildman–Crippen LogP) is 4.29. The minimum atomic E-state index is -0.684. The summed E-state index contributed by atoms with van der Waals surface area (Å²) in [6.07, 6.45) is 6.02. The number of halogens is 2. The molecule has 4 N–H and O–H groups in total. The number of benzene rings is 2. The summed E-state index contributed by atoms with van der Waals surface area (Å²) in [5.74, 6) is -0.414. The number of hydrogen-bond donors (Lipinski definition) is 3. The molecule has 0 atom stereocenters. The number of ether oxygens (including phenoxy) is 2. The zero-order chi connectivity index (χ0) is 25.5. The van der Waals surface area contributed by atoms with Gasteiger partial charge in [0.1, 0.15) is 19.4 Å². The molecule has 2 aromatic rings. The lowest BCUT2D eigenvalue weighted by Gasteiger charge is -2.32. The van der Waals surface area contributed by atoms with Crippen LogP contribution in [0.1, 0.15) is 23.2 Å². The predicted molar refractivity (Wildman–Crippen MR) is 137 cm³/mol. The van der Waals surface area contributed by atoms with E-state index in [-0.39, 0.29) is 11.9 Å². The highest BCUT2D eigenvalue weighted by Gasteiger charge is 2.25. The highest BCUT2D eigenvalue weighted by Crippen LogP contribution is 2.37. The number of rotatable bonds is 8. The van der Waals surface area contributed by atoms with Gasteiger partial charge in [-0.3, -0.25) is 4.79 Å². The van der Waals surface area contributed by atoms with Gasteiger partial charge < -0.3 is 30.7 Å². The summed E-state index contributed by atoms with van der Waals surface area (Å²) in [5.41, 5.74) is 7.59. The van der Waals surface area contributed by atoms with Gasteiger partial charge in [-0.2, -0.15) is 0 Å². The third-order valence-corrected chi connectivity index (χ3v) is 6.07. The van der Waals surface area contributed by atoms with Crippen molar-refractivity contribution in [1.29, 1.82) is 0 Å². The summed E-state index contributed by atoms with van der Waals surface area (Å²) in [4.78, 5) is 15.0. The summed E-state index contributed by atoms with van der Waals surface area (Å²) in [7, 11) is 0. The molecule has 7 nitrogen and oxygen atoms in total. The lowest BCUT2D eigenvalue weighted by Crippen LogP contribution is -2.34. The Morgan fingerprint density at radius 2 is 2.08 bits per heavy atom. The van der Waals surface area contributed by atoms with Crippen molar-refractivity contribution in [2.45, 2.75) is 18.9 Å². The maximum Gasteiger partial charge on any atom is 0.259 e. The molecule has 0 spiro atoms. The van der Waals surface area contributed by atoms with Crippen molar-refractivity contribution >= 4 is 17.3 Å². The minimum Gasteiger partial charge on any atom is -0.489 e. The Balaban J connectivity index is 1.49. The Kier molecular flexibility index (Phi) is 8.22. The number of amides is 1. The lowest BCUT2D eigenvalue weighted by molar-refractivity contribution is 0.102. The molecule has 0 aromatic heterocycles. The molecular formula is C27H30F2N4O3. The molecule has 2 aromatic carbocycles. The molecule has 0 aliphatic carbocycles. The number of anilines is 2. The fourth-order valence-corrected chi connectivity index (χ4v) is 4.13. The molecule has 2 heterocycles. The zero-order valence-electron chi connectivity index (χ0n) is 19.9. The first-order chi connectivity index (χ1) is 17.5. The van der Waals surface area contributed by atoms with Crippen LogP contribution in [-0.4, -0.2) is 44.9 Å². The van der Waals surface area contributed by atoms with Gasteiger partial charge >= 0.3 is 0 Å². The van der Waals surface area contributed by atoms with E-state index in [2.05, 4.69) is 17.2 Å². The van der Waals surface area contributed by atoms with Crippen molar-refractivity contribution in [1.82, 2.24) is 5.32 Å². The van der Waals surface area contributed by atoms with Crippen molar-refractivity contribution in [3.8, 4) is 11.5 Å². The van der Waals surface area contributed by atoms with E-state index >= 15 is 0 Å². The number of nitrogens with zero attached hydrogens (tertiary/aromatic N) is 1. The third-order valence-electron chi connectivity index (χ3n) is 6.07. The average Bonchev–Trinajstić information content (AvgIpc) is 2.90. The molecule has 1 amide bonds. The van der Waals surface area contributed by atoms with Gasteiger partial charge in [0.25, 0.3) is 5.91 Å². The van der Waals surface area contributed by atoms with Crippen LogP contribution in [0.3, 0.4) is 0 Å². The second kappa shape index (κ2) is 11.7. The summed E-state index contributed by atoms with van der Waals surface area (Å²) < 4.78 is 39.2. The highest BCUT2D eigenvalue weighted by atomic mass is 19.1. The molecule has 0 bridgehead atoms. The van der Waals surface area contributed by atoms with Crippen LogP contribution in [0, 0.1) is 5.82 Å². The molecule has 0 saturated carbocycles. The number of piperidine rings is 1. The van der Waals surface area contributed by atoms with E-state index in [0.29, 0.717) is 47.1 Å². The molecule has 0 radical (unpaired) electrons. The van der Waals surface area contributed by atoms with Crippen LogP contribution in [0.25, 0.3) is 0 Å². The molecule has 4 rings (SSSR count). The van der Waals surface area contributed by atoms with E-state index < -0.39 is 18.4 Å². The Hall–Kier alpha value is -3.85. The smallest absolute Gasteiger partial charge is 0.259 e. The molecule has 1 saturated heterocycles. The summed E-state index contributed by atoms with van der Waals surface area (Å²) in [5, 5.41) is 5.98. The zero-order valence-corrected chi connectivity index (χ0v) is 19.9. The first kappa shape index (κ1) is 25.2. The van der Waals surface area contributed by atoms with E-state index in [4.69, 9.17) is 15.2 Å². The van der Waals surface area contributed by atoms with E-state index in [1.54, 1.807) is 30.4 Å². The van der Waals surface area contributed by atoms with E-state index in [1.807, 2.05) is 11.0 Å². The number of hydrogen-bond acceptors (Lipinski definition) is 6. The SMILES string of the molecule is C=C(/C=C\C(=C/N)CF)N1CCOc2c(C(=O)Nc3ccc(OC4CCNCC4)c(F)c3)cccc21. The Morgan fingerprint density at radius 3 is 2.81 bits per heavy atom. The van der Waals surface area contributed by atoms with Crippen LogP contribution >= 0.6 is 0 Å². The van der Waals surface area contributed by atoms with Gasteiger partial charge in [-0.05, 0) is 68.0 Å². The molecule has 0 unspecified atom stereocenters. The molecule has 2 aliphatic rings. The van der Waals surface area contributed by atoms with E-state index in [1.165, 1.54) is 18.3 Å². The largest absolute Gasteiger partial charge is 0.489 e. The van der Waals surface area contributed by atoms with Crippen molar-refractivity contribution in [2.75, 3.05) is 43.1 Å². The highest BCUT2D eigenvalue weighted by molar-refractivity contribution is 6.07. The van der Waals surface area contributed by atoms with Crippen molar-refractivity contribution in [2.24, 2.45) is 5.73 Å². The quantitative estimate of drug-likeness (QED) is 0.473. The minimum absolute atomic E-state index is 0.0309. The fourth-order valence-electron chi connectivity index (χ4n) is 4.13. The molecule has 2 aliphatic heterocycles. The van der Waals surface area contributed by atoms with Crippen LogP contribution in [0.2, 0.25) is 0 Å². The summed E-state index contributed by atoms with van der Waals surface area (Å²) >= 11 is 0. The topological polar surface area (TPSA) is 88.8 Å². The van der Waals surface area contributed by atoms with Crippen LogP contribution in [-0.2, 0) is 0 Å². The van der Waals surface area contributed by atoms with Crippen LogP contribution in [0.5, 0.6) is 11.5 Å². The molecule has 9 heteroatoms. The van der Waals surface area contributed by atoms with Gasteiger partial charge in [-0.25, -0.2) is 8.78 Å². The number of nitrogens with one attached hydrogen (secondary N) is 2. The number of alkyl halides is 1. The number of allylic oxidation sites excluding steroid dienone is 3. The van der Waals surface area contributed by atoms with Gasteiger partial charge in [0, 0.05) is 17.5 Å². The van der Waals surface area contributed by atoms with Gasteiger partial charge in [0.2, 0.25) is 0 Å².